The summed E-state index contributed by atoms with van der Waals surface area (Å²) in [4.78, 5) is 24.3. The van der Waals surface area contributed by atoms with E-state index < -0.39 is 11.6 Å². The molecular formula is C16H13BrO2. The molecule has 0 unspecified atom stereocenters. The first-order valence-electron chi connectivity index (χ1n) is 5.91. The molecule has 0 aliphatic rings. The molecule has 3 heteroatoms. The number of ketones is 2. The van der Waals surface area contributed by atoms with Crippen LogP contribution < -0.4 is 0 Å². The second-order valence-electron chi connectivity index (χ2n) is 4.48. The predicted octanol–water partition coefficient (Wildman–Crippen LogP) is 4.13. The van der Waals surface area contributed by atoms with Gasteiger partial charge in [-0.2, -0.15) is 0 Å². The Kier molecular flexibility index (Phi) is 3.96. The highest BCUT2D eigenvalue weighted by atomic mass is 79.9. The Balaban J connectivity index is 2.33. The minimum Gasteiger partial charge on any atom is -0.285 e. The van der Waals surface area contributed by atoms with Gasteiger partial charge in [0.05, 0.1) is 0 Å². The van der Waals surface area contributed by atoms with Crippen molar-refractivity contribution < 1.29 is 9.59 Å². The van der Waals surface area contributed by atoms with Crippen molar-refractivity contribution in [3.05, 3.63) is 69.2 Å². The van der Waals surface area contributed by atoms with Crippen LogP contribution in [0.5, 0.6) is 0 Å². The van der Waals surface area contributed by atoms with Gasteiger partial charge >= 0.3 is 0 Å². The summed E-state index contributed by atoms with van der Waals surface area (Å²) in [5, 5.41) is 0. The largest absolute Gasteiger partial charge is 0.285 e. The Morgan fingerprint density at radius 1 is 0.895 bits per heavy atom. The average molecular weight is 317 g/mol. The fraction of sp³-hybridized carbons (Fsp3) is 0.125. The Hall–Kier alpha value is -1.74. The predicted molar refractivity (Wildman–Crippen MR) is 78.7 cm³/mol. The monoisotopic (exact) mass is 316 g/mol. The topological polar surface area (TPSA) is 34.1 Å². The van der Waals surface area contributed by atoms with Crippen LogP contribution in [-0.2, 0) is 0 Å². The summed E-state index contributed by atoms with van der Waals surface area (Å²) in [6.07, 6.45) is 0. The van der Waals surface area contributed by atoms with Crippen molar-refractivity contribution >= 4 is 27.5 Å². The van der Waals surface area contributed by atoms with E-state index in [4.69, 9.17) is 0 Å². The number of halogens is 1. The lowest BCUT2D eigenvalue weighted by atomic mass is 9.98. The van der Waals surface area contributed by atoms with Crippen LogP contribution in [0.15, 0.2) is 46.9 Å². The molecule has 0 atom stereocenters. The minimum atomic E-state index is -0.467. The van der Waals surface area contributed by atoms with Crippen molar-refractivity contribution in [2.45, 2.75) is 13.8 Å². The quantitative estimate of drug-likeness (QED) is 0.630. The Bertz CT molecular complexity index is 642. The van der Waals surface area contributed by atoms with E-state index in [9.17, 15) is 9.59 Å². The minimum absolute atomic E-state index is 0.429. The maximum Gasteiger partial charge on any atom is 0.233 e. The van der Waals surface area contributed by atoms with Crippen LogP contribution in [0.25, 0.3) is 0 Å². The van der Waals surface area contributed by atoms with Crippen LogP contribution in [0.1, 0.15) is 31.8 Å². The van der Waals surface area contributed by atoms with E-state index in [2.05, 4.69) is 15.9 Å². The van der Waals surface area contributed by atoms with Crippen molar-refractivity contribution in [3.8, 4) is 0 Å². The summed E-state index contributed by atoms with van der Waals surface area (Å²) in [6.45, 7) is 3.76. The number of carbonyl (C=O) groups excluding carboxylic acids is 2. The van der Waals surface area contributed by atoms with Crippen LogP contribution in [0.4, 0.5) is 0 Å². The number of hydrogen-bond acceptors (Lipinski definition) is 2. The molecule has 0 heterocycles. The van der Waals surface area contributed by atoms with Crippen LogP contribution in [0.3, 0.4) is 0 Å². The van der Waals surface area contributed by atoms with Gasteiger partial charge in [0, 0.05) is 15.6 Å². The van der Waals surface area contributed by atoms with E-state index in [0.717, 1.165) is 15.6 Å². The van der Waals surface area contributed by atoms with Crippen molar-refractivity contribution in [2.75, 3.05) is 0 Å². The molecule has 96 valence electrons. The molecule has 0 amide bonds. The van der Waals surface area contributed by atoms with Crippen molar-refractivity contribution in [1.29, 1.82) is 0 Å². The SMILES string of the molecule is Cc1ccc(C(=O)C(=O)c2ccc(Br)cc2C)cc1. The van der Waals surface area contributed by atoms with Gasteiger partial charge in [0.15, 0.2) is 0 Å². The normalized spacial score (nSPS) is 10.3. The van der Waals surface area contributed by atoms with Gasteiger partial charge in [-0.1, -0.05) is 45.8 Å². The van der Waals surface area contributed by atoms with E-state index in [0.29, 0.717) is 11.1 Å². The van der Waals surface area contributed by atoms with E-state index in [-0.39, 0.29) is 0 Å². The lowest BCUT2D eigenvalue weighted by Crippen LogP contribution is -2.15. The fourth-order valence-corrected chi connectivity index (χ4v) is 2.32. The number of carbonyl (C=O) groups is 2. The lowest BCUT2D eigenvalue weighted by Gasteiger charge is -2.05. The zero-order valence-corrected chi connectivity index (χ0v) is 12.3. The Labute approximate surface area is 120 Å². The van der Waals surface area contributed by atoms with Gasteiger partial charge in [-0.15, -0.1) is 0 Å². The van der Waals surface area contributed by atoms with E-state index in [1.54, 1.807) is 24.3 Å². The molecule has 0 spiro atoms. The van der Waals surface area contributed by atoms with Crippen molar-refractivity contribution in [1.82, 2.24) is 0 Å². The summed E-state index contributed by atoms with van der Waals surface area (Å²) >= 11 is 3.34. The van der Waals surface area contributed by atoms with Crippen molar-refractivity contribution in [3.63, 3.8) is 0 Å². The van der Waals surface area contributed by atoms with Crippen LogP contribution in [0.2, 0.25) is 0 Å². The highest BCUT2D eigenvalue weighted by molar-refractivity contribution is 9.10. The Morgan fingerprint density at radius 2 is 1.53 bits per heavy atom. The van der Waals surface area contributed by atoms with E-state index >= 15 is 0 Å². The molecule has 0 fully saturated rings. The molecule has 0 radical (unpaired) electrons. The lowest BCUT2D eigenvalue weighted by molar-refractivity contribution is 0.0816. The van der Waals surface area contributed by atoms with Gasteiger partial charge in [0.1, 0.15) is 0 Å². The third-order valence-electron chi connectivity index (χ3n) is 2.95. The molecule has 0 bridgehead atoms. The van der Waals surface area contributed by atoms with E-state index in [1.165, 1.54) is 0 Å². The number of Topliss-reactive ketones (excluding diaryl/α,β-unsaturated/α-hetero) is 2. The third-order valence-corrected chi connectivity index (χ3v) is 3.45. The first kappa shape index (κ1) is 13.7. The molecule has 2 aromatic carbocycles. The van der Waals surface area contributed by atoms with Gasteiger partial charge in [-0.25, -0.2) is 0 Å². The Morgan fingerprint density at radius 3 is 2.11 bits per heavy atom. The van der Waals surface area contributed by atoms with E-state index in [1.807, 2.05) is 32.0 Å². The summed E-state index contributed by atoms with van der Waals surface area (Å²) in [5.41, 5.74) is 2.73. The summed E-state index contributed by atoms with van der Waals surface area (Å²) < 4.78 is 0.893. The number of rotatable bonds is 3. The molecule has 0 aromatic heterocycles. The molecule has 0 aliphatic heterocycles. The third kappa shape index (κ3) is 2.99. The maximum absolute atomic E-state index is 12.2. The number of benzene rings is 2. The van der Waals surface area contributed by atoms with Crippen LogP contribution >= 0.6 is 15.9 Å². The maximum atomic E-state index is 12.2. The average Bonchev–Trinajstić information content (AvgIpc) is 2.38. The summed E-state index contributed by atoms with van der Waals surface area (Å²) in [7, 11) is 0. The highest BCUT2D eigenvalue weighted by Crippen LogP contribution is 2.18. The molecule has 19 heavy (non-hydrogen) atoms. The van der Waals surface area contributed by atoms with Crippen molar-refractivity contribution in [2.24, 2.45) is 0 Å². The molecule has 0 saturated carbocycles. The molecule has 2 rings (SSSR count). The standard InChI is InChI=1S/C16H13BrO2/c1-10-3-5-12(6-4-10)15(18)16(19)14-8-7-13(17)9-11(14)2/h3-9H,1-2H3. The van der Waals surface area contributed by atoms with Gasteiger partial charge in [0.2, 0.25) is 11.6 Å². The van der Waals surface area contributed by atoms with Gasteiger partial charge < -0.3 is 0 Å². The van der Waals surface area contributed by atoms with Gasteiger partial charge in [-0.05, 0) is 37.6 Å². The molecule has 2 aromatic rings. The zero-order chi connectivity index (χ0) is 14.0. The fourth-order valence-electron chi connectivity index (χ4n) is 1.84. The molecule has 0 N–H and O–H groups in total. The van der Waals surface area contributed by atoms with Gasteiger partial charge in [-0.3, -0.25) is 9.59 Å². The van der Waals surface area contributed by atoms with Crippen LogP contribution in [0, 0.1) is 13.8 Å². The summed E-state index contributed by atoms with van der Waals surface area (Å²) in [6, 6.07) is 12.3. The smallest absolute Gasteiger partial charge is 0.233 e. The second-order valence-corrected chi connectivity index (χ2v) is 5.40. The first-order chi connectivity index (χ1) is 8.99. The number of hydrogen-bond donors (Lipinski definition) is 0. The highest BCUT2D eigenvalue weighted by Gasteiger charge is 2.19. The first-order valence-corrected chi connectivity index (χ1v) is 6.70. The molecule has 0 saturated heterocycles. The molecular weight excluding hydrogens is 304 g/mol. The molecule has 0 aliphatic carbocycles. The van der Waals surface area contributed by atoms with Crippen LogP contribution in [-0.4, -0.2) is 11.6 Å². The summed E-state index contributed by atoms with van der Waals surface area (Å²) in [5.74, 6) is -0.931. The number of aryl methyl sites for hydroxylation is 2. The zero-order valence-electron chi connectivity index (χ0n) is 10.7. The van der Waals surface area contributed by atoms with Gasteiger partial charge in [0.25, 0.3) is 0 Å². The second kappa shape index (κ2) is 5.49. The molecule has 2 nitrogen and oxygen atoms in total.